The van der Waals surface area contributed by atoms with Crippen LogP contribution in [0.4, 0.5) is 9.59 Å². The zero-order chi connectivity index (χ0) is 7.15. The van der Waals surface area contributed by atoms with Gasteiger partial charge in [-0.15, -0.1) is 0 Å². The van der Waals surface area contributed by atoms with Crippen molar-refractivity contribution < 1.29 is 32.9 Å². The molecule has 0 aliphatic rings. The van der Waals surface area contributed by atoms with Crippen molar-refractivity contribution in [3.63, 3.8) is 0 Å². The van der Waals surface area contributed by atoms with E-state index in [0.717, 1.165) is 0 Å². The molecule has 0 aliphatic heterocycles. The molecule has 6 nitrogen and oxygen atoms in total. The molecule has 4 N–H and O–H groups in total. The van der Waals surface area contributed by atoms with Gasteiger partial charge in [0, 0.05) is 0 Å². The van der Waals surface area contributed by atoms with Crippen molar-refractivity contribution in [2.75, 3.05) is 0 Å². The summed E-state index contributed by atoms with van der Waals surface area (Å²) in [5, 5.41) is 27.9. The summed E-state index contributed by atoms with van der Waals surface area (Å²) < 4.78 is 0. The Morgan fingerprint density at radius 2 is 0.889 bits per heavy atom. The van der Waals surface area contributed by atoms with Crippen LogP contribution in [0.1, 0.15) is 2.85 Å². The Morgan fingerprint density at radius 1 is 0.889 bits per heavy atom. The molecule has 0 fully saturated rings. The first-order chi connectivity index (χ1) is 3.46. The summed E-state index contributed by atoms with van der Waals surface area (Å²) in [7, 11) is 0. The Kier molecular flexibility index (Phi) is 18.1. The molecule has 0 spiro atoms. The molecule has 0 aromatic heterocycles. The maximum Gasteiger partial charge on any atom is 2.00 e. The van der Waals surface area contributed by atoms with E-state index in [4.69, 9.17) is 30.0 Å². The molecule has 52 valence electrons. The molecule has 9 heavy (non-hydrogen) atoms. The van der Waals surface area contributed by atoms with Crippen LogP contribution >= 0.6 is 0 Å². The van der Waals surface area contributed by atoms with Crippen LogP contribution in [0.25, 0.3) is 0 Å². The van der Waals surface area contributed by atoms with Crippen LogP contribution in [-0.4, -0.2) is 55.8 Å². The molecule has 0 saturated heterocycles. The number of rotatable bonds is 0. The van der Waals surface area contributed by atoms with Crippen LogP contribution in [0.5, 0.6) is 0 Å². The van der Waals surface area contributed by atoms with E-state index < -0.39 is 12.3 Å². The van der Waals surface area contributed by atoms with Gasteiger partial charge in [0.25, 0.3) is 0 Å². The molecule has 0 rings (SSSR count). The van der Waals surface area contributed by atoms with Gasteiger partial charge >= 0.3 is 35.4 Å². The summed E-state index contributed by atoms with van der Waals surface area (Å²) in [6.45, 7) is 0. The van der Waals surface area contributed by atoms with Gasteiger partial charge in [-0.3, -0.25) is 0 Å². The first-order valence-electron chi connectivity index (χ1n) is 1.30. The third kappa shape index (κ3) is 427. The van der Waals surface area contributed by atoms with Gasteiger partial charge in [0.1, 0.15) is 0 Å². The predicted octanol–water partition coefficient (Wildman–Crippen LogP) is 0.289. The van der Waals surface area contributed by atoms with Crippen molar-refractivity contribution in [2.24, 2.45) is 0 Å². The van der Waals surface area contributed by atoms with Gasteiger partial charge in [0.15, 0.2) is 0 Å². The van der Waals surface area contributed by atoms with Crippen molar-refractivity contribution >= 4 is 35.4 Å². The summed E-state index contributed by atoms with van der Waals surface area (Å²) >= 11 is 0. The maximum absolute atomic E-state index is 8.56. The summed E-state index contributed by atoms with van der Waals surface area (Å²) in [6, 6.07) is 0. The second-order valence-corrected chi connectivity index (χ2v) is 0.565. The summed E-state index contributed by atoms with van der Waals surface area (Å²) in [5.74, 6) is 0. The smallest absolute Gasteiger partial charge is 1.00 e. The van der Waals surface area contributed by atoms with Gasteiger partial charge in [0.05, 0.1) is 0 Å². The van der Waals surface area contributed by atoms with E-state index >= 15 is 0 Å². The van der Waals surface area contributed by atoms with Crippen molar-refractivity contribution in [2.45, 2.75) is 0 Å². The molecule has 0 aromatic carbocycles. The molecule has 0 radical (unpaired) electrons. The van der Waals surface area contributed by atoms with Crippen LogP contribution in [-0.2, 0) is 0 Å². The van der Waals surface area contributed by atoms with E-state index in [0.29, 0.717) is 0 Å². The third-order valence-corrected chi connectivity index (χ3v) is 0. The number of carboxylic acid groups (broad SMARTS) is 4. The molecule has 0 heterocycles. The Hall–Kier alpha value is -0.694. The van der Waals surface area contributed by atoms with E-state index in [-0.39, 0.29) is 25.9 Å². The van der Waals surface area contributed by atoms with Crippen LogP contribution in [0.3, 0.4) is 0 Å². The first-order valence-corrected chi connectivity index (χ1v) is 1.30. The van der Waals surface area contributed by atoms with Crippen molar-refractivity contribution in [1.29, 1.82) is 0 Å². The topological polar surface area (TPSA) is 115 Å². The molecular formula is C2H6MgO6. The molecule has 0 atom stereocenters. The SMILES string of the molecule is O=C(O)O.O=C(O)O.[H-].[H-].[Mg+2]. The first kappa shape index (κ1) is 15.7. The van der Waals surface area contributed by atoms with E-state index in [2.05, 4.69) is 0 Å². The largest absolute Gasteiger partial charge is 2.00 e. The molecule has 0 saturated carbocycles. The molecule has 0 aliphatic carbocycles. The van der Waals surface area contributed by atoms with Crippen molar-refractivity contribution in [3.05, 3.63) is 0 Å². The monoisotopic (exact) mass is 150 g/mol. The molecule has 7 heteroatoms. The fourth-order valence-electron chi connectivity index (χ4n) is 0. The van der Waals surface area contributed by atoms with Crippen LogP contribution in [0, 0.1) is 0 Å². The predicted molar refractivity (Wildman–Crippen MR) is 29.3 cm³/mol. The van der Waals surface area contributed by atoms with Crippen molar-refractivity contribution in [3.8, 4) is 0 Å². The van der Waals surface area contributed by atoms with Gasteiger partial charge in [-0.1, -0.05) is 0 Å². The summed E-state index contributed by atoms with van der Waals surface area (Å²) in [6.07, 6.45) is -3.67. The molecule has 0 aromatic rings. The van der Waals surface area contributed by atoms with Gasteiger partial charge in [-0.2, -0.15) is 0 Å². The van der Waals surface area contributed by atoms with Gasteiger partial charge in [-0.05, 0) is 0 Å². The Labute approximate surface area is 68.8 Å². The molecule has 0 bridgehead atoms. The maximum atomic E-state index is 8.56. The normalized spacial score (nSPS) is 5.33. The standard InChI is InChI=1S/2CH2O3.Mg.2H/c2*2-1(3)4;;;/h2*(H2,2,3,4);;;/q;;+2;2*-1. The van der Waals surface area contributed by atoms with Crippen molar-refractivity contribution in [1.82, 2.24) is 0 Å². The summed E-state index contributed by atoms with van der Waals surface area (Å²) in [4.78, 5) is 17.1. The van der Waals surface area contributed by atoms with Crippen LogP contribution in [0.2, 0.25) is 0 Å². The number of hydrogen-bond donors (Lipinski definition) is 4. The fourth-order valence-corrected chi connectivity index (χ4v) is 0. The quantitative estimate of drug-likeness (QED) is 0.369. The Bertz CT molecular complexity index is 76.6. The minimum atomic E-state index is -1.83. The average Bonchev–Trinajstić information content (AvgIpc) is 1.25. The molecule has 0 unspecified atom stereocenters. The third-order valence-electron chi connectivity index (χ3n) is 0. The van der Waals surface area contributed by atoms with E-state index in [9.17, 15) is 0 Å². The minimum absolute atomic E-state index is 0. The minimum Gasteiger partial charge on any atom is -1.00 e. The summed E-state index contributed by atoms with van der Waals surface area (Å²) in [5.41, 5.74) is 0. The van der Waals surface area contributed by atoms with E-state index in [1.807, 2.05) is 0 Å². The van der Waals surface area contributed by atoms with E-state index in [1.54, 1.807) is 0 Å². The van der Waals surface area contributed by atoms with Gasteiger partial charge in [-0.25, -0.2) is 9.59 Å². The second kappa shape index (κ2) is 10.3. The number of hydrogen-bond acceptors (Lipinski definition) is 2. The second-order valence-electron chi connectivity index (χ2n) is 0.565. The van der Waals surface area contributed by atoms with Crippen LogP contribution in [0.15, 0.2) is 0 Å². The van der Waals surface area contributed by atoms with Gasteiger partial charge in [0.2, 0.25) is 0 Å². The zero-order valence-electron chi connectivity index (χ0n) is 6.31. The Morgan fingerprint density at radius 3 is 0.889 bits per heavy atom. The average molecular weight is 150 g/mol. The molecular weight excluding hydrogens is 144 g/mol. The fraction of sp³-hybridized carbons (Fsp3) is 0. The van der Waals surface area contributed by atoms with E-state index in [1.165, 1.54) is 0 Å². The van der Waals surface area contributed by atoms with Gasteiger partial charge < -0.3 is 23.3 Å². The zero-order valence-corrected chi connectivity index (χ0v) is 5.73. The molecule has 0 amide bonds. The number of carbonyl (C=O) groups is 2. The van der Waals surface area contributed by atoms with Crippen LogP contribution < -0.4 is 0 Å². The Balaban J connectivity index is -0.0000000171.